The van der Waals surface area contributed by atoms with Gasteiger partial charge in [-0.15, -0.1) is 0 Å². The van der Waals surface area contributed by atoms with Gasteiger partial charge in [-0.25, -0.2) is 0 Å². The highest BCUT2D eigenvalue weighted by Crippen LogP contribution is 2.29. The Balaban J connectivity index is 1.51. The maximum Gasteiger partial charge on any atom is 0.306 e. The minimum atomic E-state index is -0.0675. The summed E-state index contributed by atoms with van der Waals surface area (Å²) in [6, 6.07) is 14.7. The molecular formula is C24H31N2O2S2+. The third kappa shape index (κ3) is 7.40. The second-order valence-corrected chi connectivity index (χ2v) is 10.2. The molecule has 1 aliphatic rings. The van der Waals surface area contributed by atoms with Gasteiger partial charge in [0.25, 0.3) is 0 Å². The summed E-state index contributed by atoms with van der Waals surface area (Å²) in [5, 5.41) is 0. The van der Waals surface area contributed by atoms with Crippen LogP contribution in [0.15, 0.2) is 48.7 Å². The maximum absolute atomic E-state index is 12.2. The third-order valence-electron chi connectivity index (χ3n) is 5.00. The van der Waals surface area contributed by atoms with Gasteiger partial charge in [0.2, 0.25) is 5.69 Å². The topological polar surface area (TPSA) is 33.4 Å². The first-order chi connectivity index (χ1) is 14.6. The van der Waals surface area contributed by atoms with Crippen molar-refractivity contribution in [1.82, 2.24) is 0 Å². The second kappa shape index (κ2) is 12.1. The van der Waals surface area contributed by atoms with Gasteiger partial charge in [0.05, 0.1) is 6.42 Å². The first kappa shape index (κ1) is 22.8. The molecule has 2 heterocycles. The molecule has 0 aliphatic carbocycles. The van der Waals surface area contributed by atoms with Crippen LogP contribution >= 0.6 is 21.6 Å². The molecule has 1 aromatic heterocycles. The van der Waals surface area contributed by atoms with Crippen molar-refractivity contribution in [2.24, 2.45) is 0 Å². The van der Waals surface area contributed by atoms with E-state index in [9.17, 15) is 4.79 Å². The van der Waals surface area contributed by atoms with Crippen molar-refractivity contribution in [3.63, 3.8) is 0 Å². The van der Waals surface area contributed by atoms with Crippen LogP contribution in [-0.2, 0) is 16.1 Å². The summed E-state index contributed by atoms with van der Waals surface area (Å²) in [4.78, 5) is 14.3. The Kier molecular flexibility index (Phi) is 9.15. The normalized spacial score (nSPS) is 16.9. The highest BCUT2D eigenvalue weighted by molar-refractivity contribution is 8.76. The second-order valence-electron chi connectivity index (χ2n) is 7.60. The van der Waals surface area contributed by atoms with Crippen molar-refractivity contribution < 1.29 is 14.1 Å². The van der Waals surface area contributed by atoms with Crippen LogP contribution in [-0.4, -0.2) is 37.7 Å². The number of esters is 1. The monoisotopic (exact) mass is 443 g/mol. The number of hydrogen-bond donors (Lipinski definition) is 0. The Morgan fingerprint density at radius 2 is 2.00 bits per heavy atom. The molecule has 0 N–H and O–H groups in total. The number of ether oxygens (including phenoxy) is 1. The lowest BCUT2D eigenvalue weighted by Gasteiger charge is -2.14. The molecule has 0 radical (unpaired) electrons. The molecule has 0 bridgehead atoms. The van der Waals surface area contributed by atoms with Gasteiger partial charge in [-0.2, -0.15) is 4.57 Å². The van der Waals surface area contributed by atoms with E-state index < -0.39 is 0 Å². The number of nitrogens with zero attached hydrogens (tertiary/aromatic N) is 2. The first-order valence-corrected chi connectivity index (χ1v) is 13.0. The molecule has 2 aromatic rings. The van der Waals surface area contributed by atoms with E-state index in [1.807, 2.05) is 47.8 Å². The Morgan fingerprint density at radius 1 is 1.17 bits per heavy atom. The number of aromatic nitrogens is 1. The quantitative estimate of drug-likeness (QED) is 0.323. The molecule has 160 valence electrons. The van der Waals surface area contributed by atoms with Crippen LogP contribution in [0.5, 0.6) is 0 Å². The number of carbonyl (C=O) groups excluding carboxylic acids is 1. The van der Waals surface area contributed by atoms with Crippen molar-refractivity contribution >= 4 is 45.4 Å². The van der Waals surface area contributed by atoms with E-state index in [0.717, 1.165) is 43.0 Å². The van der Waals surface area contributed by atoms with E-state index in [1.54, 1.807) is 0 Å². The zero-order valence-corrected chi connectivity index (χ0v) is 19.5. The fraction of sp³-hybridized carbons (Fsp3) is 0.417. The predicted molar refractivity (Wildman–Crippen MR) is 130 cm³/mol. The Hall–Kier alpha value is -1.92. The lowest BCUT2D eigenvalue weighted by molar-refractivity contribution is -0.698. The summed E-state index contributed by atoms with van der Waals surface area (Å²) in [6.07, 6.45) is 9.77. The SMILES string of the molecule is CN(C)c1ccc(/C=C/c2cccc[n+]2CCCC(=O)OC2CCCSSC2)cc1. The van der Waals surface area contributed by atoms with E-state index in [1.165, 1.54) is 11.3 Å². The minimum absolute atomic E-state index is 0.0675. The molecule has 1 aliphatic heterocycles. The van der Waals surface area contributed by atoms with Gasteiger partial charge < -0.3 is 9.64 Å². The van der Waals surface area contributed by atoms with E-state index >= 15 is 0 Å². The molecule has 1 aromatic carbocycles. The molecule has 1 fully saturated rings. The smallest absolute Gasteiger partial charge is 0.306 e. The van der Waals surface area contributed by atoms with Crippen molar-refractivity contribution in [3.05, 3.63) is 59.9 Å². The number of rotatable bonds is 8. The molecule has 3 rings (SSSR count). The van der Waals surface area contributed by atoms with Gasteiger partial charge in [-0.1, -0.05) is 33.7 Å². The number of benzene rings is 1. The number of carbonyl (C=O) groups is 1. The van der Waals surface area contributed by atoms with Crippen molar-refractivity contribution in [2.75, 3.05) is 30.5 Å². The Bertz CT molecular complexity index is 829. The summed E-state index contributed by atoms with van der Waals surface area (Å²) < 4.78 is 7.86. The van der Waals surface area contributed by atoms with E-state index in [4.69, 9.17) is 4.74 Å². The molecule has 1 atom stereocenters. The van der Waals surface area contributed by atoms with Crippen molar-refractivity contribution in [2.45, 2.75) is 38.3 Å². The minimum Gasteiger partial charge on any atom is -0.461 e. The van der Waals surface area contributed by atoms with Gasteiger partial charge in [0, 0.05) is 55.9 Å². The lowest BCUT2D eigenvalue weighted by atomic mass is 10.1. The summed E-state index contributed by atoms with van der Waals surface area (Å²) in [5.74, 6) is 2.00. The van der Waals surface area contributed by atoms with E-state index in [2.05, 4.69) is 58.1 Å². The standard InChI is InChI=1S/C24H31N2O2S2/c1-25(2)21-13-10-20(11-14-21)12-15-22-7-3-4-16-26(22)17-5-9-24(27)28-23-8-6-18-29-30-19-23/h3-4,7,10-16,23H,5-6,8-9,17-19H2,1-2H3/q+1. The highest BCUT2D eigenvalue weighted by atomic mass is 33.1. The molecule has 1 saturated heterocycles. The fourth-order valence-electron chi connectivity index (χ4n) is 3.28. The van der Waals surface area contributed by atoms with Crippen LogP contribution < -0.4 is 9.47 Å². The average molecular weight is 444 g/mol. The van der Waals surface area contributed by atoms with Gasteiger partial charge >= 0.3 is 5.97 Å². The van der Waals surface area contributed by atoms with Crippen molar-refractivity contribution in [1.29, 1.82) is 0 Å². The zero-order valence-electron chi connectivity index (χ0n) is 17.8. The highest BCUT2D eigenvalue weighted by Gasteiger charge is 2.18. The van der Waals surface area contributed by atoms with Crippen LogP contribution in [0.25, 0.3) is 12.2 Å². The van der Waals surface area contributed by atoms with E-state index in [-0.39, 0.29) is 12.1 Å². The predicted octanol–water partition coefficient (Wildman–Crippen LogP) is 5.08. The van der Waals surface area contributed by atoms with Crippen LogP contribution in [0.1, 0.15) is 36.9 Å². The van der Waals surface area contributed by atoms with Gasteiger partial charge in [0.15, 0.2) is 6.20 Å². The molecular weight excluding hydrogens is 412 g/mol. The zero-order chi connectivity index (χ0) is 21.2. The molecule has 0 amide bonds. The number of anilines is 1. The third-order valence-corrected chi connectivity index (χ3v) is 7.54. The number of hydrogen-bond acceptors (Lipinski definition) is 5. The van der Waals surface area contributed by atoms with Crippen LogP contribution in [0.3, 0.4) is 0 Å². The lowest BCUT2D eigenvalue weighted by Crippen LogP contribution is -2.36. The summed E-state index contributed by atoms with van der Waals surface area (Å²) in [6.45, 7) is 0.796. The van der Waals surface area contributed by atoms with Crippen LogP contribution in [0.4, 0.5) is 5.69 Å². The Morgan fingerprint density at radius 3 is 2.80 bits per heavy atom. The number of pyridine rings is 1. The summed E-state index contributed by atoms with van der Waals surface area (Å²) in [5.41, 5.74) is 3.48. The maximum atomic E-state index is 12.2. The van der Waals surface area contributed by atoms with Gasteiger partial charge in [-0.3, -0.25) is 4.79 Å². The molecule has 0 spiro atoms. The van der Waals surface area contributed by atoms with Gasteiger partial charge in [0.1, 0.15) is 12.6 Å². The Labute approximate surface area is 188 Å². The summed E-state index contributed by atoms with van der Waals surface area (Å²) in [7, 11) is 7.79. The first-order valence-electron chi connectivity index (χ1n) is 10.5. The molecule has 1 unspecified atom stereocenters. The van der Waals surface area contributed by atoms with Crippen molar-refractivity contribution in [3.8, 4) is 0 Å². The summed E-state index contributed by atoms with van der Waals surface area (Å²) >= 11 is 0. The van der Waals surface area contributed by atoms with Crippen LogP contribution in [0.2, 0.25) is 0 Å². The largest absolute Gasteiger partial charge is 0.461 e. The van der Waals surface area contributed by atoms with Gasteiger partial charge in [-0.05, 0) is 42.7 Å². The number of aryl methyl sites for hydroxylation is 1. The van der Waals surface area contributed by atoms with E-state index in [0.29, 0.717) is 6.42 Å². The van der Waals surface area contributed by atoms with Crippen LogP contribution in [0, 0.1) is 0 Å². The molecule has 30 heavy (non-hydrogen) atoms. The molecule has 0 saturated carbocycles. The molecule has 6 heteroatoms. The average Bonchev–Trinajstić information content (AvgIpc) is 3.02. The fourth-order valence-corrected chi connectivity index (χ4v) is 5.61. The molecule has 4 nitrogen and oxygen atoms in total.